The number of benzene rings is 1. The lowest BCUT2D eigenvalue weighted by Gasteiger charge is -2.19. The lowest BCUT2D eigenvalue weighted by Crippen LogP contribution is -2.22. The number of nitrogens with one attached hydrogen (secondary N) is 1. The fourth-order valence-corrected chi connectivity index (χ4v) is 3.48. The summed E-state index contributed by atoms with van der Waals surface area (Å²) in [6, 6.07) is 8.84. The molecule has 0 spiro atoms. The van der Waals surface area contributed by atoms with Crippen LogP contribution in [0.1, 0.15) is 39.4 Å². The zero-order valence-corrected chi connectivity index (χ0v) is 13.5. The summed E-state index contributed by atoms with van der Waals surface area (Å²) in [7, 11) is 0. The van der Waals surface area contributed by atoms with Crippen molar-refractivity contribution in [1.29, 1.82) is 0 Å². The molecule has 0 aliphatic carbocycles. The summed E-state index contributed by atoms with van der Waals surface area (Å²) in [5.74, 6) is 0. The van der Waals surface area contributed by atoms with E-state index in [-0.39, 0.29) is 6.04 Å². The Morgan fingerprint density at radius 1 is 1.21 bits per heavy atom. The molecule has 1 atom stereocenters. The van der Waals surface area contributed by atoms with Crippen LogP contribution in [-0.4, -0.2) is 6.54 Å². The highest BCUT2D eigenvalue weighted by atomic mass is 35.5. The molecule has 0 saturated heterocycles. The summed E-state index contributed by atoms with van der Waals surface area (Å²) in [5, 5.41) is 4.41. The number of aryl methyl sites for hydroxylation is 3. The minimum Gasteiger partial charge on any atom is -0.306 e. The first-order chi connectivity index (χ1) is 9.02. The molecule has 1 aromatic heterocycles. The van der Waals surface area contributed by atoms with Crippen molar-refractivity contribution in [2.45, 2.75) is 33.7 Å². The Kier molecular flexibility index (Phi) is 4.67. The summed E-state index contributed by atoms with van der Waals surface area (Å²) >= 11 is 7.98. The molecule has 1 nitrogen and oxygen atoms in total. The first-order valence-corrected chi connectivity index (χ1v) is 7.78. The normalized spacial score (nSPS) is 12.7. The van der Waals surface area contributed by atoms with Gasteiger partial charge in [-0.05, 0) is 56.1 Å². The predicted molar refractivity (Wildman–Crippen MR) is 85.5 cm³/mol. The third-order valence-electron chi connectivity index (χ3n) is 3.31. The molecule has 102 valence electrons. The number of hydrogen-bond acceptors (Lipinski definition) is 2. The van der Waals surface area contributed by atoms with E-state index in [2.05, 4.69) is 51.2 Å². The van der Waals surface area contributed by atoms with Gasteiger partial charge in [0.1, 0.15) is 0 Å². The molecule has 0 aliphatic rings. The van der Waals surface area contributed by atoms with Gasteiger partial charge < -0.3 is 5.32 Å². The molecule has 0 fully saturated rings. The van der Waals surface area contributed by atoms with Crippen molar-refractivity contribution < 1.29 is 0 Å². The Balaban J connectivity index is 2.44. The monoisotopic (exact) mass is 293 g/mol. The highest BCUT2D eigenvalue weighted by Gasteiger charge is 2.17. The van der Waals surface area contributed by atoms with Crippen molar-refractivity contribution in [2.24, 2.45) is 0 Å². The zero-order valence-electron chi connectivity index (χ0n) is 11.9. The minimum atomic E-state index is 0.255. The number of halogens is 1. The van der Waals surface area contributed by atoms with Crippen LogP contribution in [0.15, 0.2) is 24.3 Å². The molecule has 0 amide bonds. The van der Waals surface area contributed by atoms with Gasteiger partial charge >= 0.3 is 0 Å². The molecule has 2 aromatic rings. The highest BCUT2D eigenvalue weighted by Crippen LogP contribution is 2.32. The van der Waals surface area contributed by atoms with Crippen LogP contribution in [0.4, 0.5) is 0 Å². The fraction of sp³-hybridized carbons (Fsp3) is 0.375. The molecule has 3 heteroatoms. The molecule has 19 heavy (non-hydrogen) atoms. The van der Waals surface area contributed by atoms with Crippen molar-refractivity contribution in [1.82, 2.24) is 5.32 Å². The van der Waals surface area contributed by atoms with Gasteiger partial charge in [0.15, 0.2) is 0 Å². The van der Waals surface area contributed by atoms with Gasteiger partial charge in [-0.2, -0.15) is 0 Å². The van der Waals surface area contributed by atoms with E-state index >= 15 is 0 Å². The van der Waals surface area contributed by atoms with Crippen LogP contribution in [-0.2, 0) is 0 Å². The lowest BCUT2D eigenvalue weighted by molar-refractivity contribution is 0.629. The quantitative estimate of drug-likeness (QED) is 0.834. The van der Waals surface area contributed by atoms with Crippen molar-refractivity contribution >= 4 is 22.9 Å². The van der Waals surface area contributed by atoms with Crippen LogP contribution in [0.2, 0.25) is 5.02 Å². The van der Waals surface area contributed by atoms with E-state index in [4.69, 9.17) is 11.6 Å². The highest BCUT2D eigenvalue weighted by molar-refractivity contribution is 7.12. The molecule has 0 aliphatic heterocycles. The van der Waals surface area contributed by atoms with E-state index in [0.717, 1.165) is 17.1 Å². The predicted octanol–water partition coefficient (Wildman–Crippen LogP) is 5.03. The van der Waals surface area contributed by atoms with Gasteiger partial charge in [-0.1, -0.05) is 30.7 Å². The van der Waals surface area contributed by atoms with Gasteiger partial charge in [-0.25, -0.2) is 0 Å². The zero-order chi connectivity index (χ0) is 14.0. The van der Waals surface area contributed by atoms with Crippen LogP contribution in [0.5, 0.6) is 0 Å². The summed E-state index contributed by atoms with van der Waals surface area (Å²) in [4.78, 5) is 2.75. The molecular formula is C16H20ClNS. The minimum absolute atomic E-state index is 0.255. The molecule has 0 bridgehead atoms. The lowest BCUT2D eigenvalue weighted by atomic mass is 9.97. The summed E-state index contributed by atoms with van der Waals surface area (Å²) in [6.45, 7) is 9.50. The van der Waals surface area contributed by atoms with Crippen LogP contribution in [0, 0.1) is 20.8 Å². The van der Waals surface area contributed by atoms with Crippen molar-refractivity contribution in [3.8, 4) is 0 Å². The second kappa shape index (κ2) is 6.08. The van der Waals surface area contributed by atoms with E-state index in [1.165, 1.54) is 20.9 Å². The SMILES string of the molecule is CCNC(c1ccc(Cl)c(C)c1)c1cc(C)sc1C. The van der Waals surface area contributed by atoms with Crippen LogP contribution >= 0.6 is 22.9 Å². The Hall–Kier alpha value is -0.830. The van der Waals surface area contributed by atoms with E-state index in [1.807, 2.05) is 17.4 Å². The van der Waals surface area contributed by atoms with Gasteiger partial charge in [0.05, 0.1) is 6.04 Å². The Morgan fingerprint density at radius 2 is 1.95 bits per heavy atom. The van der Waals surface area contributed by atoms with Gasteiger partial charge in [0.25, 0.3) is 0 Å². The summed E-state index contributed by atoms with van der Waals surface area (Å²) < 4.78 is 0. The summed E-state index contributed by atoms with van der Waals surface area (Å²) in [5.41, 5.74) is 3.79. The fourth-order valence-electron chi connectivity index (χ4n) is 2.40. The molecule has 1 heterocycles. The van der Waals surface area contributed by atoms with Gasteiger partial charge in [-0.3, -0.25) is 0 Å². The Labute approximate surface area is 124 Å². The molecule has 1 unspecified atom stereocenters. The third-order valence-corrected chi connectivity index (χ3v) is 4.72. The van der Waals surface area contributed by atoms with Gasteiger partial charge in [-0.15, -0.1) is 11.3 Å². The maximum absolute atomic E-state index is 6.13. The molecule has 0 saturated carbocycles. The second-order valence-corrected chi connectivity index (χ2v) is 6.74. The Bertz CT molecular complexity index is 574. The molecule has 1 aromatic carbocycles. The van der Waals surface area contributed by atoms with E-state index in [9.17, 15) is 0 Å². The third kappa shape index (κ3) is 3.19. The van der Waals surface area contributed by atoms with Gasteiger partial charge in [0, 0.05) is 14.8 Å². The van der Waals surface area contributed by atoms with E-state index in [0.29, 0.717) is 0 Å². The Morgan fingerprint density at radius 3 is 2.47 bits per heavy atom. The average Bonchev–Trinajstić information content (AvgIpc) is 2.69. The molecular weight excluding hydrogens is 274 g/mol. The van der Waals surface area contributed by atoms with Crippen LogP contribution in [0.3, 0.4) is 0 Å². The van der Waals surface area contributed by atoms with Crippen LogP contribution < -0.4 is 5.32 Å². The van der Waals surface area contributed by atoms with Crippen LogP contribution in [0.25, 0.3) is 0 Å². The van der Waals surface area contributed by atoms with Gasteiger partial charge in [0.2, 0.25) is 0 Å². The first kappa shape index (κ1) is 14.6. The largest absolute Gasteiger partial charge is 0.306 e. The van der Waals surface area contributed by atoms with Crippen molar-refractivity contribution in [2.75, 3.05) is 6.54 Å². The summed E-state index contributed by atoms with van der Waals surface area (Å²) in [6.07, 6.45) is 0. The standard InChI is InChI=1S/C16H20ClNS/c1-5-18-16(14-9-11(3)19-12(14)4)13-6-7-15(17)10(2)8-13/h6-9,16,18H,5H2,1-4H3. The number of hydrogen-bond donors (Lipinski definition) is 1. The topological polar surface area (TPSA) is 12.0 Å². The second-order valence-electron chi connectivity index (χ2n) is 4.87. The number of rotatable bonds is 4. The number of thiophene rings is 1. The maximum Gasteiger partial charge on any atom is 0.0587 e. The maximum atomic E-state index is 6.13. The van der Waals surface area contributed by atoms with Crippen molar-refractivity contribution in [3.05, 3.63) is 55.7 Å². The smallest absolute Gasteiger partial charge is 0.0587 e. The van der Waals surface area contributed by atoms with Crippen molar-refractivity contribution in [3.63, 3.8) is 0 Å². The first-order valence-electron chi connectivity index (χ1n) is 6.59. The average molecular weight is 294 g/mol. The molecule has 0 radical (unpaired) electrons. The molecule has 1 N–H and O–H groups in total. The molecule has 2 rings (SSSR count). The van der Waals surface area contributed by atoms with E-state index in [1.54, 1.807) is 0 Å². The van der Waals surface area contributed by atoms with E-state index < -0.39 is 0 Å².